The lowest BCUT2D eigenvalue weighted by molar-refractivity contribution is -0.384. The van der Waals surface area contributed by atoms with Crippen LogP contribution in [-0.4, -0.2) is 35.9 Å². The van der Waals surface area contributed by atoms with Crippen molar-refractivity contribution in [3.05, 3.63) is 62.7 Å². The van der Waals surface area contributed by atoms with Crippen molar-refractivity contribution >= 4 is 28.9 Å². The Labute approximate surface area is 175 Å². The number of amides is 2. The van der Waals surface area contributed by atoms with Crippen LogP contribution in [0.4, 0.5) is 17.1 Å². The molecule has 1 heterocycles. The molecule has 2 amide bonds. The quantitative estimate of drug-likeness (QED) is 0.563. The highest BCUT2D eigenvalue weighted by Gasteiger charge is 2.29. The van der Waals surface area contributed by atoms with E-state index in [4.69, 9.17) is 0 Å². The van der Waals surface area contributed by atoms with Gasteiger partial charge < -0.3 is 15.5 Å². The number of nitrogens with one attached hydrogen (secondary N) is 2. The standard InChI is InChI=1S/C22H26N4O4/c1-13-7-14(2)22(15(3)8-13)24-20(27)11-23-21(28)12-25-16(4)9-17-10-18(26(29)30)5-6-19(17)25/h5-8,10,16H,9,11-12H2,1-4H3,(H,23,28)(H,24,27). The summed E-state index contributed by atoms with van der Waals surface area (Å²) >= 11 is 0. The van der Waals surface area contributed by atoms with Crippen molar-refractivity contribution in [3.8, 4) is 0 Å². The highest BCUT2D eigenvalue weighted by molar-refractivity contribution is 5.96. The molecule has 0 fully saturated rings. The number of anilines is 2. The molecule has 158 valence electrons. The molecule has 30 heavy (non-hydrogen) atoms. The lowest BCUT2D eigenvalue weighted by atomic mass is 10.1. The molecule has 1 aliphatic heterocycles. The van der Waals surface area contributed by atoms with E-state index in [1.165, 1.54) is 6.07 Å². The van der Waals surface area contributed by atoms with Gasteiger partial charge in [0.2, 0.25) is 11.8 Å². The second-order valence-corrected chi connectivity index (χ2v) is 7.85. The number of nitro benzene ring substituents is 1. The zero-order chi connectivity index (χ0) is 22.0. The molecule has 0 saturated heterocycles. The van der Waals surface area contributed by atoms with E-state index in [-0.39, 0.29) is 36.6 Å². The van der Waals surface area contributed by atoms with Gasteiger partial charge in [0, 0.05) is 29.5 Å². The molecule has 8 heteroatoms. The van der Waals surface area contributed by atoms with Crippen LogP contribution >= 0.6 is 0 Å². The summed E-state index contributed by atoms with van der Waals surface area (Å²) < 4.78 is 0. The van der Waals surface area contributed by atoms with Gasteiger partial charge in [0.25, 0.3) is 5.69 Å². The zero-order valence-corrected chi connectivity index (χ0v) is 17.6. The van der Waals surface area contributed by atoms with Crippen LogP contribution in [0.3, 0.4) is 0 Å². The van der Waals surface area contributed by atoms with Crippen LogP contribution in [0.2, 0.25) is 0 Å². The van der Waals surface area contributed by atoms with Crippen LogP contribution in [0.25, 0.3) is 0 Å². The number of aryl methyl sites for hydroxylation is 3. The van der Waals surface area contributed by atoms with Gasteiger partial charge in [-0.25, -0.2) is 0 Å². The highest BCUT2D eigenvalue weighted by atomic mass is 16.6. The summed E-state index contributed by atoms with van der Waals surface area (Å²) in [6.45, 7) is 7.80. The van der Waals surface area contributed by atoms with Crippen molar-refractivity contribution in [2.75, 3.05) is 23.3 Å². The first-order chi connectivity index (χ1) is 14.2. The van der Waals surface area contributed by atoms with E-state index in [1.807, 2.05) is 44.7 Å². The Morgan fingerprint density at radius 2 is 1.80 bits per heavy atom. The Kier molecular flexibility index (Phi) is 6.05. The first kappa shape index (κ1) is 21.3. The van der Waals surface area contributed by atoms with E-state index in [1.54, 1.807) is 12.1 Å². The fraction of sp³-hybridized carbons (Fsp3) is 0.364. The van der Waals surface area contributed by atoms with Crippen LogP contribution in [0.15, 0.2) is 30.3 Å². The minimum Gasteiger partial charge on any atom is -0.359 e. The summed E-state index contributed by atoms with van der Waals surface area (Å²) in [6.07, 6.45) is 0.636. The third-order valence-electron chi connectivity index (χ3n) is 5.33. The first-order valence-corrected chi connectivity index (χ1v) is 9.84. The Bertz CT molecular complexity index is 995. The fourth-order valence-corrected chi connectivity index (χ4v) is 3.99. The maximum absolute atomic E-state index is 12.4. The van der Waals surface area contributed by atoms with Crippen molar-refractivity contribution in [1.82, 2.24) is 5.32 Å². The Morgan fingerprint density at radius 1 is 1.13 bits per heavy atom. The Morgan fingerprint density at radius 3 is 2.43 bits per heavy atom. The SMILES string of the molecule is Cc1cc(C)c(NC(=O)CNC(=O)CN2c3ccc([N+](=O)[O-])cc3CC2C)c(C)c1. The van der Waals surface area contributed by atoms with E-state index >= 15 is 0 Å². The van der Waals surface area contributed by atoms with Gasteiger partial charge in [-0.1, -0.05) is 17.7 Å². The summed E-state index contributed by atoms with van der Waals surface area (Å²) in [4.78, 5) is 37.2. The highest BCUT2D eigenvalue weighted by Crippen LogP contribution is 2.34. The average Bonchev–Trinajstić information content (AvgIpc) is 2.97. The number of hydrogen-bond acceptors (Lipinski definition) is 5. The number of rotatable bonds is 6. The van der Waals surface area contributed by atoms with Crippen molar-refractivity contribution in [1.29, 1.82) is 0 Å². The van der Waals surface area contributed by atoms with Gasteiger partial charge in [-0.2, -0.15) is 0 Å². The number of fused-ring (bicyclic) bond motifs is 1. The maximum atomic E-state index is 12.4. The number of nitrogens with zero attached hydrogens (tertiary/aromatic N) is 2. The summed E-state index contributed by atoms with van der Waals surface area (Å²) in [5, 5.41) is 16.5. The molecule has 1 atom stereocenters. The first-order valence-electron chi connectivity index (χ1n) is 9.84. The molecule has 8 nitrogen and oxygen atoms in total. The predicted octanol–water partition coefficient (Wildman–Crippen LogP) is 3.03. The Hall–Kier alpha value is -3.42. The minimum absolute atomic E-state index is 0.0411. The van der Waals surface area contributed by atoms with Crippen LogP contribution in [-0.2, 0) is 16.0 Å². The molecular weight excluding hydrogens is 384 g/mol. The van der Waals surface area contributed by atoms with Crippen molar-refractivity contribution < 1.29 is 14.5 Å². The third kappa shape index (κ3) is 4.59. The number of carbonyl (C=O) groups excluding carboxylic acids is 2. The number of non-ortho nitro benzene ring substituents is 1. The fourth-order valence-electron chi connectivity index (χ4n) is 3.99. The summed E-state index contributed by atoms with van der Waals surface area (Å²) in [6, 6.07) is 8.72. The molecule has 0 bridgehead atoms. The van der Waals surface area contributed by atoms with E-state index in [0.29, 0.717) is 6.42 Å². The van der Waals surface area contributed by atoms with E-state index < -0.39 is 4.92 Å². The molecule has 2 aromatic rings. The van der Waals surface area contributed by atoms with Gasteiger partial charge >= 0.3 is 0 Å². The molecule has 2 N–H and O–H groups in total. The molecule has 0 spiro atoms. The molecular formula is C22H26N4O4. The molecule has 0 radical (unpaired) electrons. The normalized spacial score (nSPS) is 14.9. The van der Waals surface area contributed by atoms with Crippen LogP contribution in [0.5, 0.6) is 0 Å². The topological polar surface area (TPSA) is 105 Å². The van der Waals surface area contributed by atoms with Crippen LogP contribution in [0, 0.1) is 30.9 Å². The van der Waals surface area contributed by atoms with Crippen molar-refractivity contribution in [2.24, 2.45) is 0 Å². The monoisotopic (exact) mass is 410 g/mol. The zero-order valence-electron chi connectivity index (χ0n) is 17.6. The molecule has 0 saturated carbocycles. The average molecular weight is 410 g/mol. The number of benzene rings is 2. The molecule has 1 unspecified atom stereocenters. The lowest BCUT2D eigenvalue weighted by Crippen LogP contribution is -2.42. The van der Waals surface area contributed by atoms with Crippen molar-refractivity contribution in [2.45, 2.75) is 40.2 Å². The number of carbonyl (C=O) groups is 2. The smallest absolute Gasteiger partial charge is 0.269 e. The molecule has 1 aliphatic rings. The van der Waals surface area contributed by atoms with Gasteiger partial charge in [-0.05, 0) is 56.9 Å². The lowest BCUT2D eigenvalue weighted by Gasteiger charge is -2.24. The van der Waals surface area contributed by atoms with Gasteiger partial charge in [-0.3, -0.25) is 19.7 Å². The second kappa shape index (κ2) is 8.52. The second-order valence-electron chi connectivity index (χ2n) is 7.85. The van der Waals surface area contributed by atoms with Crippen LogP contribution < -0.4 is 15.5 Å². The van der Waals surface area contributed by atoms with E-state index in [9.17, 15) is 19.7 Å². The maximum Gasteiger partial charge on any atom is 0.269 e. The predicted molar refractivity (Wildman–Crippen MR) is 116 cm³/mol. The number of hydrogen-bond donors (Lipinski definition) is 2. The summed E-state index contributed by atoms with van der Waals surface area (Å²) in [5.41, 5.74) is 5.56. The number of nitro groups is 1. The van der Waals surface area contributed by atoms with Gasteiger partial charge in [-0.15, -0.1) is 0 Å². The van der Waals surface area contributed by atoms with Crippen molar-refractivity contribution in [3.63, 3.8) is 0 Å². The molecule has 0 aromatic heterocycles. The van der Waals surface area contributed by atoms with Crippen LogP contribution in [0.1, 0.15) is 29.2 Å². The minimum atomic E-state index is -0.420. The summed E-state index contributed by atoms with van der Waals surface area (Å²) in [7, 11) is 0. The summed E-state index contributed by atoms with van der Waals surface area (Å²) in [5.74, 6) is -0.565. The Balaban J connectivity index is 1.58. The molecule has 2 aromatic carbocycles. The largest absolute Gasteiger partial charge is 0.359 e. The molecule has 3 rings (SSSR count). The van der Waals surface area contributed by atoms with Gasteiger partial charge in [0.05, 0.1) is 18.0 Å². The van der Waals surface area contributed by atoms with Gasteiger partial charge in [0.1, 0.15) is 0 Å². The van der Waals surface area contributed by atoms with E-state index in [0.717, 1.165) is 33.6 Å². The third-order valence-corrected chi connectivity index (χ3v) is 5.33. The molecule has 0 aliphatic carbocycles. The van der Waals surface area contributed by atoms with E-state index in [2.05, 4.69) is 10.6 Å². The van der Waals surface area contributed by atoms with Gasteiger partial charge in [0.15, 0.2) is 0 Å².